The average molecular weight is 603 g/mol. The van der Waals surface area contributed by atoms with Crippen LogP contribution in [0.5, 0.6) is 0 Å². The van der Waals surface area contributed by atoms with Crippen molar-refractivity contribution in [2.24, 2.45) is 5.92 Å². The molecule has 0 aromatic rings. The van der Waals surface area contributed by atoms with Crippen LogP contribution in [0.3, 0.4) is 0 Å². The Morgan fingerprint density at radius 3 is 2.05 bits per heavy atom. The Balaban J connectivity index is 3.81. The SMILES string of the molecule is CC/C=C\C/C=C\CC(O)/C=C/C=C\C/C=C\CCCC(=O)OC[C@H](CO)OC(=O)CCCCCCCCCCC(C)C. The standard InChI is InChI=1S/C37H62O6/c1-4-5-6-7-17-22-27-34(39)28-23-18-13-9-11-14-19-24-29-36(40)42-32-35(31-38)43-37(41)30-25-20-15-10-8-12-16-21-26-33(2)3/h5-6,11,13-14,17-18,22-23,28,33-35,38-39H,4,7-10,12,15-16,19-21,24-27,29-32H2,1-3H3/b6-5-,14-11-,18-13-,22-17-,28-23+/t34?,35-/m0/s1. The minimum absolute atomic E-state index is 0.118. The van der Waals surface area contributed by atoms with Gasteiger partial charge in [0.25, 0.3) is 0 Å². The number of allylic oxidation sites excluding steroid dienone is 8. The number of aliphatic hydroxyl groups excluding tert-OH is 2. The molecule has 0 aromatic carbocycles. The van der Waals surface area contributed by atoms with Crippen molar-refractivity contribution in [1.82, 2.24) is 0 Å². The molecule has 0 aliphatic carbocycles. The number of aliphatic hydroxyl groups is 2. The summed E-state index contributed by atoms with van der Waals surface area (Å²) >= 11 is 0. The molecule has 43 heavy (non-hydrogen) atoms. The first-order valence-corrected chi connectivity index (χ1v) is 16.8. The van der Waals surface area contributed by atoms with E-state index in [0.29, 0.717) is 19.3 Å². The molecule has 0 saturated carbocycles. The summed E-state index contributed by atoms with van der Waals surface area (Å²) in [6.07, 6.45) is 34.6. The fraction of sp³-hybridized carbons (Fsp3) is 0.676. The van der Waals surface area contributed by atoms with Gasteiger partial charge in [0, 0.05) is 12.8 Å². The van der Waals surface area contributed by atoms with Crippen LogP contribution in [0.25, 0.3) is 0 Å². The van der Waals surface area contributed by atoms with Crippen LogP contribution in [0, 0.1) is 5.92 Å². The largest absolute Gasteiger partial charge is 0.462 e. The maximum atomic E-state index is 12.1. The summed E-state index contributed by atoms with van der Waals surface area (Å²) in [6.45, 7) is 6.16. The molecule has 2 N–H and O–H groups in total. The molecule has 0 aliphatic rings. The smallest absolute Gasteiger partial charge is 0.306 e. The van der Waals surface area contributed by atoms with Crippen LogP contribution in [0.15, 0.2) is 60.8 Å². The van der Waals surface area contributed by atoms with E-state index in [1.54, 1.807) is 6.08 Å². The van der Waals surface area contributed by atoms with Crippen LogP contribution in [-0.4, -0.2) is 47.6 Å². The first-order chi connectivity index (χ1) is 20.9. The Kier molecular flexibility index (Phi) is 29.2. The minimum atomic E-state index is -0.812. The lowest BCUT2D eigenvalue weighted by Gasteiger charge is -2.15. The average Bonchev–Trinajstić information content (AvgIpc) is 2.98. The maximum Gasteiger partial charge on any atom is 0.306 e. The quantitative estimate of drug-likeness (QED) is 0.0402. The third kappa shape index (κ3) is 30.8. The zero-order valence-corrected chi connectivity index (χ0v) is 27.5. The Hall–Kier alpha value is -2.44. The molecule has 0 heterocycles. The van der Waals surface area contributed by atoms with E-state index in [0.717, 1.165) is 50.9 Å². The molecule has 246 valence electrons. The van der Waals surface area contributed by atoms with Crippen molar-refractivity contribution in [2.45, 2.75) is 142 Å². The van der Waals surface area contributed by atoms with Gasteiger partial charge in [0.05, 0.1) is 12.7 Å². The van der Waals surface area contributed by atoms with Crippen LogP contribution in [-0.2, 0) is 19.1 Å². The number of rotatable bonds is 28. The highest BCUT2D eigenvalue weighted by molar-refractivity contribution is 5.70. The predicted octanol–water partition coefficient (Wildman–Crippen LogP) is 8.88. The van der Waals surface area contributed by atoms with Gasteiger partial charge in [-0.15, -0.1) is 0 Å². The number of esters is 2. The second-order valence-corrected chi connectivity index (χ2v) is 11.5. The van der Waals surface area contributed by atoms with E-state index in [4.69, 9.17) is 9.47 Å². The molecule has 1 unspecified atom stereocenters. The number of unbranched alkanes of at least 4 members (excludes halogenated alkanes) is 8. The van der Waals surface area contributed by atoms with Crippen molar-refractivity contribution >= 4 is 11.9 Å². The third-order valence-corrected chi connectivity index (χ3v) is 6.83. The molecule has 6 heteroatoms. The van der Waals surface area contributed by atoms with Crippen LogP contribution in [0.2, 0.25) is 0 Å². The van der Waals surface area contributed by atoms with Crippen molar-refractivity contribution in [3.05, 3.63) is 60.8 Å². The summed E-state index contributed by atoms with van der Waals surface area (Å²) in [4.78, 5) is 24.1. The molecule has 0 aliphatic heterocycles. The van der Waals surface area contributed by atoms with Crippen LogP contribution in [0.4, 0.5) is 0 Å². The summed E-state index contributed by atoms with van der Waals surface area (Å²) in [6, 6.07) is 0. The van der Waals surface area contributed by atoms with Crippen LogP contribution in [0.1, 0.15) is 130 Å². The number of hydrogen-bond acceptors (Lipinski definition) is 6. The lowest BCUT2D eigenvalue weighted by Crippen LogP contribution is -2.28. The second-order valence-electron chi connectivity index (χ2n) is 11.5. The maximum absolute atomic E-state index is 12.1. The summed E-state index contributed by atoms with van der Waals surface area (Å²) in [5.41, 5.74) is 0. The molecule has 6 nitrogen and oxygen atoms in total. The Morgan fingerprint density at radius 2 is 1.35 bits per heavy atom. The highest BCUT2D eigenvalue weighted by Gasteiger charge is 2.16. The third-order valence-electron chi connectivity index (χ3n) is 6.83. The highest BCUT2D eigenvalue weighted by Crippen LogP contribution is 2.13. The number of carbonyl (C=O) groups is 2. The first kappa shape index (κ1) is 40.6. The van der Waals surface area contributed by atoms with E-state index in [1.807, 2.05) is 36.5 Å². The van der Waals surface area contributed by atoms with Gasteiger partial charge in [-0.25, -0.2) is 0 Å². The molecule has 0 aromatic heterocycles. The topological polar surface area (TPSA) is 93.1 Å². The van der Waals surface area contributed by atoms with Crippen molar-refractivity contribution in [1.29, 1.82) is 0 Å². The Morgan fingerprint density at radius 1 is 0.721 bits per heavy atom. The highest BCUT2D eigenvalue weighted by atomic mass is 16.6. The fourth-order valence-electron chi connectivity index (χ4n) is 4.27. The van der Waals surface area contributed by atoms with E-state index >= 15 is 0 Å². The van der Waals surface area contributed by atoms with Gasteiger partial charge >= 0.3 is 11.9 Å². The zero-order valence-electron chi connectivity index (χ0n) is 27.5. The Labute approximate surface area is 263 Å². The zero-order chi connectivity index (χ0) is 31.8. The summed E-state index contributed by atoms with van der Waals surface area (Å²) < 4.78 is 10.5. The van der Waals surface area contributed by atoms with Gasteiger partial charge in [-0.05, 0) is 50.9 Å². The summed E-state index contributed by atoms with van der Waals surface area (Å²) in [7, 11) is 0. The summed E-state index contributed by atoms with van der Waals surface area (Å²) in [5.74, 6) is 0.0860. The van der Waals surface area contributed by atoms with Crippen molar-refractivity contribution in [3.63, 3.8) is 0 Å². The van der Waals surface area contributed by atoms with Crippen LogP contribution >= 0.6 is 0 Å². The molecule has 0 radical (unpaired) electrons. The van der Waals surface area contributed by atoms with Gasteiger partial charge in [0.15, 0.2) is 6.10 Å². The van der Waals surface area contributed by atoms with Gasteiger partial charge in [-0.2, -0.15) is 0 Å². The van der Waals surface area contributed by atoms with E-state index in [2.05, 4.69) is 39.0 Å². The molecular weight excluding hydrogens is 540 g/mol. The van der Waals surface area contributed by atoms with Crippen molar-refractivity contribution in [2.75, 3.05) is 13.2 Å². The second kappa shape index (κ2) is 31.0. The lowest BCUT2D eigenvalue weighted by molar-refractivity contribution is -0.161. The molecule has 2 atom stereocenters. The number of carbonyl (C=O) groups excluding carboxylic acids is 2. The van der Waals surface area contributed by atoms with Gasteiger partial charge in [0.2, 0.25) is 0 Å². The van der Waals surface area contributed by atoms with E-state index in [1.165, 1.54) is 38.5 Å². The van der Waals surface area contributed by atoms with Gasteiger partial charge in [0.1, 0.15) is 6.61 Å². The van der Waals surface area contributed by atoms with Crippen LogP contribution < -0.4 is 0 Å². The summed E-state index contributed by atoms with van der Waals surface area (Å²) in [5, 5.41) is 19.4. The lowest BCUT2D eigenvalue weighted by atomic mass is 10.0. The van der Waals surface area contributed by atoms with Gasteiger partial charge < -0.3 is 19.7 Å². The minimum Gasteiger partial charge on any atom is -0.462 e. The number of ether oxygens (including phenoxy) is 2. The van der Waals surface area contributed by atoms with Crippen molar-refractivity contribution in [3.8, 4) is 0 Å². The normalized spacial score (nSPS) is 13.8. The van der Waals surface area contributed by atoms with E-state index in [-0.39, 0.29) is 31.6 Å². The molecule has 0 amide bonds. The van der Waals surface area contributed by atoms with Gasteiger partial charge in [-0.3, -0.25) is 9.59 Å². The number of hydrogen-bond donors (Lipinski definition) is 2. The predicted molar refractivity (Wildman–Crippen MR) is 179 cm³/mol. The molecular formula is C37H62O6. The van der Waals surface area contributed by atoms with E-state index in [9.17, 15) is 19.8 Å². The monoisotopic (exact) mass is 602 g/mol. The van der Waals surface area contributed by atoms with E-state index < -0.39 is 12.2 Å². The molecule has 0 fully saturated rings. The molecule has 0 rings (SSSR count). The molecule has 0 saturated heterocycles. The van der Waals surface area contributed by atoms with Crippen molar-refractivity contribution < 1.29 is 29.3 Å². The molecule has 0 bridgehead atoms. The molecule has 0 spiro atoms. The first-order valence-electron chi connectivity index (χ1n) is 16.8. The Bertz CT molecular complexity index is 808. The fourth-order valence-corrected chi connectivity index (χ4v) is 4.27. The van der Waals surface area contributed by atoms with Gasteiger partial charge in [-0.1, -0.05) is 133 Å².